The number of ether oxygens (including phenoxy) is 2. The number of furan rings is 1. The van der Waals surface area contributed by atoms with Gasteiger partial charge in [-0.2, -0.15) is 0 Å². The average molecular weight is 333 g/mol. The highest BCUT2D eigenvalue weighted by molar-refractivity contribution is 6.00. The maximum Gasteiger partial charge on any atom is 0.328 e. The number of nitrogens with one attached hydrogen (secondary N) is 1. The quantitative estimate of drug-likeness (QED) is 0.822. The normalized spacial score (nSPS) is 13.4. The molecular weight excluding hydrogens is 310 g/mol. The van der Waals surface area contributed by atoms with Gasteiger partial charge in [-0.15, -0.1) is 0 Å². The summed E-state index contributed by atoms with van der Waals surface area (Å²) in [5.74, 6) is -0.0708. The number of esters is 1. The van der Waals surface area contributed by atoms with E-state index in [-0.39, 0.29) is 11.7 Å². The number of methoxy groups -OCH3 is 2. The van der Waals surface area contributed by atoms with Crippen LogP contribution < -0.4 is 10.1 Å². The Bertz CT molecular complexity index is 749. The highest BCUT2D eigenvalue weighted by atomic mass is 16.5. The molecule has 2 atom stereocenters. The van der Waals surface area contributed by atoms with Crippen molar-refractivity contribution >= 4 is 22.8 Å². The Morgan fingerprint density at radius 1 is 1.29 bits per heavy atom. The van der Waals surface area contributed by atoms with E-state index in [0.29, 0.717) is 16.9 Å². The molecule has 1 N–H and O–H groups in total. The van der Waals surface area contributed by atoms with Gasteiger partial charge in [-0.3, -0.25) is 4.79 Å². The van der Waals surface area contributed by atoms with Crippen molar-refractivity contribution in [3.05, 3.63) is 29.5 Å². The molecule has 0 radical (unpaired) electrons. The van der Waals surface area contributed by atoms with E-state index in [1.54, 1.807) is 26.2 Å². The first kappa shape index (κ1) is 17.8. The standard InChI is InChI=1S/C18H23NO5/c1-6-10(2)15(18(21)23-5)19-17(20)16-11(3)13-9-12(22-4)7-8-14(13)24-16/h7-10,15H,6H2,1-5H3,(H,19,20)/t10-,15+/m0/s1. The largest absolute Gasteiger partial charge is 0.497 e. The molecule has 24 heavy (non-hydrogen) atoms. The molecule has 0 aliphatic rings. The van der Waals surface area contributed by atoms with Crippen LogP contribution in [-0.4, -0.2) is 32.1 Å². The van der Waals surface area contributed by atoms with Crippen molar-refractivity contribution < 1.29 is 23.5 Å². The van der Waals surface area contributed by atoms with Crippen LogP contribution in [0.25, 0.3) is 11.0 Å². The van der Waals surface area contributed by atoms with Gasteiger partial charge in [0.2, 0.25) is 0 Å². The summed E-state index contributed by atoms with van der Waals surface area (Å²) in [6.45, 7) is 5.64. The molecule has 6 nitrogen and oxygen atoms in total. The van der Waals surface area contributed by atoms with Gasteiger partial charge in [0.05, 0.1) is 14.2 Å². The third-order valence-electron chi connectivity index (χ3n) is 4.30. The summed E-state index contributed by atoms with van der Waals surface area (Å²) >= 11 is 0. The van der Waals surface area contributed by atoms with Crippen molar-refractivity contribution in [3.8, 4) is 5.75 Å². The molecular formula is C18H23NO5. The van der Waals surface area contributed by atoms with Crippen LogP contribution in [0.2, 0.25) is 0 Å². The molecule has 6 heteroatoms. The summed E-state index contributed by atoms with van der Waals surface area (Å²) in [4.78, 5) is 24.5. The van der Waals surface area contributed by atoms with E-state index in [2.05, 4.69) is 5.32 Å². The van der Waals surface area contributed by atoms with E-state index in [9.17, 15) is 9.59 Å². The maximum atomic E-state index is 12.6. The Labute approximate surface area is 141 Å². The lowest BCUT2D eigenvalue weighted by Crippen LogP contribution is -2.45. The first-order valence-corrected chi connectivity index (χ1v) is 7.88. The maximum absolute atomic E-state index is 12.6. The van der Waals surface area contributed by atoms with Crippen molar-refractivity contribution in [3.63, 3.8) is 0 Å². The zero-order valence-electron chi connectivity index (χ0n) is 14.6. The van der Waals surface area contributed by atoms with Crippen LogP contribution in [0, 0.1) is 12.8 Å². The summed E-state index contributed by atoms with van der Waals surface area (Å²) in [7, 11) is 2.89. The van der Waals surface area contributed by atoms with Gasteiger partial charge in [0.25, 0.3) is 5.91 Å². The molecule has 0 aliphatic heterocycles. The first-order valence-electron chi connectivity index (χ1n) is 7.88. The number of fused-ring (bicyclic) bond motifs is 1. The topological polar surface area (TPSA) is 77.8 Å². The average Bonchev–Trinajstić information content (AvgIpc) is 2.94. The minimum atomic E-state index is -0.713. The highest BCUT2D eigenvalue weighted by Gasteiger charge is 2.29. The highest BCUT2D eigenvalue weighted by Crippen LogP contribution is 2.29. The van der Waals surface area contributed by atoms with E-state index < -0.39 is 17.9 Å². The SMILES string of the molecule is CC[C@H](C)[C@@H](NC(=O)c1oc2ccc(OC)cc2c1C)C(=O)OC. The Kier molecular flexibility index (Phi) is 5.49. The second kappa shape index (κ2) is 7.38. The Morgan fingerprint density at radius 2 is 2.00 bits per heavy atom. The Balaban J connectivity index is 2.33. The van der Waals surface area contributed by atoms with Gasteiger partial charge in [0.15, 0.2) is 5.76 Å². The van der Waals surface area contributed by atoms with Gasteiger partial charge < -0.3 is 19.2 Å². The molecule has 1 aromatic heterocycles. The van der Waals surface area contributed by atoms with E-state index in [0.717, 1.165) is 11.8 Å². The van der Waals surface area contributed by atoms with Gasteiger partial charge in [-0.05, 0) is 31.0 Å². The summed E-state index contributed by atoms with van der Waals surface area (Å²) in [5.41, 5.74) is 1.30. The fourth-order valence-electron chi connectivity index (χ4n) is 2.55. The predicted molar refractivity (Wildman–Crippen MR) is 90.2 cm³/mol. The molecule has 1 amide bonds. The molecule has 0 unspecified atom stereocenters. The van der Waals surface area contributed by atoms with Crippen LogP contribution >= 0.6 is 0 Å². The number of carbonyl (C=O) groups excluding carboxylic acids is 2. The van der Waals surface area contributed by atoms with Crippen molar-refractivity contribution in [2.75, 3.05) is 14.2 Å². The minimum Gasteiger partial charge on any atom is -0.497 e. The number of aryl methyl sites for hydroxylation is 1. The van der Waals surface area contributed by atoms with Gasteiger partial charge in [-0.1, -0.05) is 20.3 Å². The van der Waals surface area contributed by atoms with E-state index in [1.165, 1.54) is 7.11 Å². The predicted octanol–water partition coefficient (Wildman–Crippen LogP) is 3.07. The number of carbonyl (C=O) groups is 2. The van der Waals surface area contributed by atoms with E-state index in [4.69, 9.17) is 13.9 Å². The van der Waals surface area contributed by atoms with E-state index in [1.807, 2.05) is 19.9 Å². The second-order valence-electron chi connectivity index (χ2n) is 5.78. The van der Waals surface area contributed by atoms with E-state index >= 15 is 0 Å². The number of hydrogen-bond donors (Lipinski definition) is 1. The van der Waals surface area contributed by atoms with Gasteiger partial charge in [-0.25, -0.2) is 4.79 Å². The molecule has 0 bridgehead atoms. The molecule has 0 fully saturated rings. The smallest absolute Gasteiger partial charge is 0.328 e. The first-order chi connectivity index (χ1) is 11.4. The fraction of sp³-hybridized carbons (Fsp3) is 0.444. The van der Waals surface area contributed by atoms with Crippen LogP contribution in [0.15, 0.2) is 22.6 Å². The summed E-state index contributed by atoms with van der Waals surface area (Å²) in [6, 6.07) is 4.63. The van der Waals surface area contributed by atoms with Crippen LogP contribution in [0.5, 0.6) is 5.75 Å². The number of hydrogen-bond acceptors (Lipinski definition) is 5. The van der Waals surface area contributed by atoms with Gasteiger partial charge in [0, 0.05) is 10.9 Å². The molecule has 1 heterocycles. The zero-order chi connectivity index (χ0) is 17.9. The molecule has 0 aliphatic carbocycles. The zero-order valence-corrected chi connectivity index (χ0v) is 14.6. The summed E-state index contributed by atoms with van der Waals surface area (Å²) in [6.07, 6.45) is 0.732. The number of rotatable bonds is 6. The third-order valence-corrected chi connectivity index (χ3v) is 4.30. The molecule has 0 spiro atoms. The second-order valence-corrected chi connectivity index (χ2v) is 5.78. The third kappa shape index (κ3) is 3.37. The lowest BCUT2D eigenvalue weighted by atomic mass is 9.99. The van der Waals surface area contributed by atoms with Gasteiger partial charge in [0.1, 0.15) is 17.4 Å². The van der Waals surface area contributed by atoms with Crippen LogP contribution in [0.3, 0.4) is 0 Å². The Morgan fingerprint density at radius 3 is 2.58 bits per heavy atom. The number of amides is 1. The van der Waals surface area contributed by atoms with Crippen LogP contribution in [-0.2, 0) is 9.53 Å². The van der Waals surface area contributed by atoms with Crippen LogP contribution in [0.1, 0.15) is 36.4 Å². The van der Waals surface area contributed by atoms with Crippen molar-refractivity contribution in [2.45, 2.75) is 33.2 Å². The molecule has 2 rings (SSSR count). The van der Waals surface area contributed by atoms with Crippen molar-refractivity contribution in [2.24, 2.45) is 5.92 Å². The summed E-state index contributed by atoms with van der Waals surface area (Å²) in [5, 5.41) is 3.53. The molecule has 0 saturated heterocycles. The molecule has 1 aromatic carbocycles. The lowest BCUT2D eigenvalue weighted by molar-refractivity contribution is -0.144. The van der Waals surface area contributed by atoms with Gasteiger partial charge >= 0.3 is 5.97 Å². The van der Waals surface area contributed by atoms with Crippen molar-refractivity contribution in [1.29, 1.82) is 0 Å². The van der Waals surface area contributed by atoms with Crippen LogP contribution in [0.4, 0.5) is 0 Å². The monoisotopic (exact) mass is 333 g/mol. The fourth-order valence-corrected chi connectivity index (χ4v) is 2.55. The minimum absolute atomic E-state index is 0.0498. The lowest BCUT2D eigenvalue weighted by Gasteiger charge is -2.21. The summed E-state index contributed by atoms with van der Waals surface area (Å²) < 4.78 is 15.7. The van der Waals surface area contributed by atoms with Crippen molar-refractivity contribution in [1.82, 2.24) is 5.32 Å². The molecule has 130 valence electrons. The Hall–Kier alpha value is -2.50. The molecule has 2 aromatic rings. The number of benzene rings is 1. The molecule has 0 saturated carbocycles.